The normalized spacial score (nSPS) is 19.9. The van der Waals surface area contributed by atoms with Gasteiger partial charge in [-0.1, -0.05) is 6.92 Å². The third-order valence-corrected chi connectivity index (χ3v) is 3.19. The van der Waals surface area contributed by atoms with Crippen molar-refractivity contribution in [2.45, 2.75) is 32.9 Å². The highest BCUT2D eigenvalue weighted by atomic mass is 16.2. The lowest BCUT2D eigenvalue weighted by Crippen LogP contribution is -2.57. The van der Waals surface area contributed by atoms with Gasteiger partial charge in [-0.05, 0) is 30.5 Å². The summed E-state index contributed by atoms with van der Waals surface area (Å²) in [6, 6.07) is 1.50. The molecule has 1 aromatic rings. The molecule has 5 heteroatoms. The van der Waals surface area contributed by atoms with Gasteiger partial charge in [0.05, 0.1) is 6.54 Å². The van der Waals surface area contributed by atoms with E-state index in [2.05, 4.69) is 10.3 Å². The number of carbonyl (C=O) groups is 2. The van der Waals surface area contributed by atoms with Gasteiger partial charge in [-0.25, -0.2) is 0 Å². The molecule has 2 heterocycles. The van der Waals surface area contributed by atoms with E-state index in [4.69, 9.17) is 0 Å². The molecular weight excluding hydrogens is 230 g/mol. The molecule has 0 spiro atoms. The summed E-state index contributed by atoms with van der Waals surface area (Å²) in [7, 11) is 0. The van der Waals surface area contributed by atoms with Crippen molar-refractivity contribution in [3.05, 3.63) is 29.6 Å². The van der Waals surface area contributed by atoms with Crippen LogP contribution in [-0.4, -0.2) is 34.3 Å². The summed E-state index contributed by atoms with van der Waals surface area (Å²) in [5.74, 6) is -0.0959. The molecule has 1 saturated heterocycles. The number of hydrogen-bond acceptors (Lipinski definition) is 3. The number of pyridine rings is 1. The number of nitrogens with zero attached hydrogens (tertiary/aromatic N) is 2. The molecule has 1 aromatic heterocycles. The average molecular weight is 247 g/mol. The Kier molecular flexibility index (Phi) is 3.60. The first kappa shape index (κ1) is 12.5. The molecular formula is C13H17N3O2. The van der Waals surface area contributed by atoms with Crippen molar-refractivity contribution in [2.75, 3.05) is 6.54 Å². The monoisotopic (exact) mass is 247 g/mol. The van der Waals surface area contributed by atoms with E-state index >= 15 is 0 Å². The van der Waals surface area contributed by atoms with E-state index in [0.717, 1.165) is 11.1 Å². The van der Waals surface area contributed by atoms with E-state index in [1.165, 1.54) is 0 Å². The lowest BCUT2D eigenvalue weighted by atomic mass is 10.1. The molecule has 1 aliphatic heterocycles. The van der Waals surface area contributed by atoms with Gasteiger partial charge in [-0.2, -0.15) is 0 Å². The van der Waals surface area contributed by atoms with E-state index in [9.17, 15) is 9.59 Å². The first-order chi connectivity index (χ1) is 8.61. The van der Waals surface area contributed by atoms with Gasteiger partial charge in [0.1, 0.15) is 6.04 Å². The molecule has 18 heavy (non-hydrogen) atoms. The first-order valence-electron chi connectivity index (χ1n) is 6.09. The number of rotatable bonds is 3. The van der Waals surface area contributed by atoms with Crippen molar-refractivity contribution < 1.29 is 9.59 Å². The van der Waals surface area contributed by atoms with Crippen LogP contribution < -0.4 is 5.32 Å². The van der Waals surface area contributed by atoms with E-state index in [-0.39, 0.29) is 24.4 Å². The highest BCUT2D eigenvalue weighted by Gasteiger charge is 2.31. The number of hydrogen-bond donors (Lipinski definition) is 1. The summed E-state index contributed by atoms with van der Waals surface area (Å²) in [6.07, 6.45) is 4.09. The summed E-state index contributed by atoms with van der Waals surface area (Å²) in [5, 5.41) is 2.70. The summed E-state index contributed by atoms with van der Waals surface area (Å²) in [6.45, 7) is 4.45. The van der Waals surface area contributed by atoms with Crippen molar-refractivity contribution in [3.8, 4) is 0 Å². The molecule has 2 amide bonds. The van der Waals surface area contributed by atoms with Crippen LogP contribution in [0, 0.1) is 6.92 Å². The zero-order valence-corrected chi connectivity index (χ0v) is 10.6. The smallest absolute Gasteiger partial charge is 0.245 e. The summed E-state index contributed by atoms with van der Waals surface area (Å²) in [4.78, 5) is 29.3. The van der Waals surface area contributed by atoms with E-state index in [0.29, 0.717) is 13.0 Å². The maximum absolute atomic E-state index is 12.1. The van der Waals surface area contributed by atoms with Crippen molar-refractivity contribution >= 4 is 11.8 Å². The van der Waals surface area contributed by atoms with Gasteiger partial charge >= 0.3 is 0 Å². The number of aromatic nitrogens is 1. The Hall–Kier alpha value is -1.91. The van der Waals surface area contributed by atoms with Crippen LogP contribution in [0.4, 0.5) is 0 Å². The second kappa shape index (κ2) is 5.16. The van der Waals surface area contributed by atoms with Crippen LogP contribution >= 0.6 is 0 Å². The zero-order chi connectivity index (χ0) is 13.1. The summed E-state index contributed by atoms with van der Waals surface area (Å²) < 4.78 is 0. The Labute approximate surface area is 106 Å². The Bertz CT molecular complexity index is 473. The molecule has 5 nitrogen and oxygen atoms in total. The third kappa shape index (κ3) is 2.50. The molecule has 96 valence electrons. The van der Waals surface area contributed by atoms with Gasteiger partial charge in [0.2, 0.25) is 11.8 Å². The Morgan fingerprint density at radius 1 is 1.50 bits per heavy atom. The fourth-order valence-electron chi connectivity index (χ4n) is 2.07. The zero-order valence-electron chi connectivity index (χ0n) is 10.6. The molecule has 0 radical (unpaired) electrons. The van der Waals surface area contributed by atoms with Crippen LogP contribution in [-0.2, 0) is 16.1 Å². The molecule has 1 aliphatic rings. The topological polar surface area (TPSA) is 62.3 Å². The van der Waals surface area contributed by atoms with Crippen LogP contribution in [0.15, 0.2) is 18.5 Å². The van der Waals surface area contributed by atoms with Gasteiger partial charge in [-0.3, -0.25) is 14.6 Å². The largest absolute Gasteiger partial charge is 0.343 e. The Morgan fingerprint density at radius 3 is 2.94 bits per heavy atom. The average Bonchev–Trinajstić information content (AvgIpc) is 2.36. The minimum absolute atomic E-state index is 0.00619. The maximum Gasteiger partial charge on any atom is 0.245 e. The summed E-state index contributed by atoms with van der Waals surface area (Å²) in [5.41, 5.74) is 2.06. The Balaban J connectivity index is 2.15. The first-order valence-corrected chi connectivity index (χ1v) is 6.09. The lowest BCUT2D eigenvalue weighted by Gasteiger charge is -2.32. The van der Waals surface area contributed by atoms with Crippen molar-refractivity contribution in [1.29, 1.82) is 0 Å². The van der Waals surface area contributed by atoms with Crippen LogP contribution in [0.3, 0.4) is 0 Å². The highest BCUT2D eigenvalue weighted by molar-refractivity contribution is 5.94. The number of carbonyl (C=O) groups excluding carboxylic acids is 2. The molecule has 1 unspecified atom stereocenters. The predicted molar refractivity (Wildman–Crippen MR) is 66.6 cm³/mol. The lowest BCUT2D eigenvalue weighted by molar-refractivity contribution is -0.144. The second-order valence-corrected chi connectivity index (χ2v) is 4.52. The third-order valence-electron chi connectivity index (χ3n) is 3.19. The van der Waals surface area contributed by atoms with E-state index in [1.54, 1.807) is 17.3 Å². The van der Waals surface area contributed by atoms with Crippen LogP contribution in [0.5, 0.6) is 0 Å². The summed E-state index contributed by atoms with van der Waals surface area (Å²) >= 11 is 0. The van der Waals surface area contributed by atoms with Gasteiger partial charge < -0.3 is 10.2 Å². The van der Waals surface area contributed by atoms with Gasteiger partial charge in [-0.15, -0.1) is 0 Å². The van der Waals surface area contributed by atoms with Gasteiger partial charge in [0, 0.05) is 18.9 Å². The molecule has 0 aromatic carbocycles. The van der Waals surface area contributed by atoms with Gasteiger partial charge in [0.25, 0.3) is 0 Å². The molecule has 0 aliphatic carbocycles. The highest BCUT2D eigenvalue weighted by Crippen LogP contribution is 2.13. The van der Waals surface area contributed by atoms with Gasteiger partial charge in [0.15, 0.2) is 0 Å². The standard InChI is InChI=1S/C13H17N3O2/c1-3-11-13(18)16(8-12(17)15-11)7-10-4-5-14-6-9(10)2/h4-6,11H,3,7-8H2,1-2H3,(H,15,17). The van der Waals surface area contributed by atoms with Crippen molar-refractivity contribution in [3.63, 3.8) is 0 Å². The molecule has 0 bridgehead atoms. The fourth-order valence-corrected chi connectivity index (χ4v) is 2.07. The van der Waals surface area contributed by atoms with Crippen molar-refractivity contribution in [2.24, 2.45) is 0 Å². The number of nitrogens with one attached hydrogen (secondary N) is 1. The second-order valence-electron chi connectivity index (χ2n) is 4.52. The van der Waals surface area contributed by atoms with Crippen molar-refractivity contribution in [1.82, 2.24) is 15.2 Å². The van der Waals surface area contributed by atoms with Crippen LogP contribution in [0.1, 0.15) is 24.5 Å². The molecule has 2 rings (SSSR count). The SMILES string of the molecule is CCC1NC(=O)CN(Cc2ccncc2C)C1=O. The Morgan fingerprint density at radius 2 is 2.28 bits per heavy atom. The fraction of sp³-hybridized carbons (Fsp3) is 0.462. The van der Waals surface area contributed by atoms with Crippen LogP contribution in [0.2, 0.25) is 0 Å². The minimum Gasteiger partial charge on any atom is -0.343 e. The quantitative estimate of drug-likeness (QED) is 0.852. The molecule has 1 N–H and O–H groups in total. The minimum atomic E-state index is -0.381. The predicted octanol–water partition coefficient (Wildman–Crippen LogP) is 0.627. The molecule has 1 fully saturated rings. The van der Waals surface area contributed by atoms with E-state index in [1.807, 2.05) is 19.9 Å². The molecule has 0 saturated carbocycles. The maximum atomic E-state index is 12.1. The van der Waals surface area contributed by atoms with E-state index < -0.39 is 0 Å². The van der Waals surface area contributed by atoms with Crippen LogP contribution in [0.25, 0.3) is 0 Å². The number of aryl methyl sites for hydroxylation is 1. The number of piperazine rings is 1. The number of amides is 2. The molecule has 1 atom stereocenters.